The molecule has 0 aliphatic rings. The van der Waals surface area contributed by atoms with E-state index in [1.807, 2.05) is 32.0 Å². The van der Waals surface area contributed by atoms with E-state index in [1.54, 1.807) is 22.7 Å². The van der Waals surface area contributed by atoms with Crippen molar-refractivity contribution in [3.63, 3.8) is 0 Å². The summed E-state index contributed by atoms with van der Waals surface area (Å²) in [5.74, 6) is -0.0436. The van der Waals surface area contributed by atoms with Gasteiger partial charge in [-0.25, -0.2) is 0 Å². The minimum atomic E-state index is -0.378. The molecule has 0 saturated carbocycles. The number of carbonyl (C=O) groups is 1. The van der Waals surface area contributed by atoms with E-state index in [9.17, 15) is 4.79 Å². The lowest BCUT2D eigenvalue weighted by atomic mass is 10.1. The maximum absolute atomic E-state index is 12.3. The number of nitrogens with two attached hydrogens (primary N) is 1. The van der Waals surface area contributed by atoms with Crippen LogP contribution in [-0.2, 0) is 0 Å². The third-order valence-electron chi connectivity index (χ3n) is 3.24. The molecule has 2 heterocycles. The van der Waals surface area contributed by atoms with Gasteiger partial charge in [-0.1, -0.05) is 18.2 Å². The number of fused-ring (bicyclic) bond motifs is 3. The number of rotatable bonds is 3. The Bertz CT molecular complexity index is 791. The quantitative estimate of drug-likeness (QED) is 0.757. The number of halogens is 1. The normalized spacial score (nSPS) is 11.6. The molecule has 0 aliphatic carbocycles. The van der Waals surface area contributed by atoms with Crippen molar-refractivity contribution < 1.29 is 4.79 Å². The Morgan fingerprint density at radius 3 is 2.67 bits per heavy atom. The van der Waals surface area contributed by atoms with Gasteiger partial charge >= 0.3 is 0 Å². The smallest absolute Gasteiger partial charge is 0.261 e. The van der Waals surface area contributed by atoms with Gasteiger partial charge in [-0.2, -0.15) is 0 Å². The molecule has 0 aliphatic heterocycles. The molecule has 112 valence electrons. The van der Waals surface area contributed by atoms with Crippen molar-refractivity contribution in [1.29, 1.82) is 0 Å². The van der Waals surface area contributed by atoms with Gasteiger partial charge in [0.25, 0.3) is 5.91 Å². The second-order valence-electron chi connectivity index (χ2n) is 5.44. The molecule has 0 saturated heterocycles. The van der Waals surface area contributed by atoms with E-state index in [-0.39, 0.29) is 23.9 Å². The monoisotopic (exact) mass is 340 g/mol. The molecule has 1 amide bonds. The number of amides is 1. The van der Waals surface area contributed by atoms with Crippen molar-refractivity contribution in [2.45, 2.75) is 19.4 Å². The zero-order valence-electron chi connectivity index (χ0n) is 11.8. The first-order valence-electron chi connectivity index (χ1n) is 6.44. The van der Waals surface area contributed by atoms with Gasteiger partial charge in [-0.05, 0) is 26.0 Å². The van der Waals surface area contributed by atoms with Crippen LogP contribution in [0.15, 0.2) is 30.3 Å². The number of hydrogen-bond donors (Lipinski definition) is 2. The van der Waals surface area contributed by atoms with E-state index in [0.29, 0.717) is 6.54 Å². The summed E-state index contributed by atoms with van der Waals surface area (Å²) < 4.78 is 3.64. The number of nitrogens with one attached hydrogen (secondary N) is 1. The maximum Gasteiger partial charge on any atom is 0.261 e. The summed E-state index contributed by atoms with van der Waals surface area (Å²) in [6.45, 7) is 4.27. The molecule has 6 heteroatoms. The molecular weight excluding hydrogens is 324 g/mol. The molecule has 1 aromatic carbocycles. The fraction of sp³-hybridized carbons (Fsp3) is 0.267. The Kier molecular flexibility index (Phi) is 4.58. The predicted octanol–water partition coefficient (Wildman–Crippen LogP) is 4.00. The van der Waals surface area contributed by atoms with E-state index in [1.165, 1.54) is 19.5 Å². The lowest BCUT2D eigenvalue weighted by Gasteiger charge is -2.23. The van der Waals surface area contributed by atoms with Gasteiger partial charge in [0.2, 0.25) is 0 Å². The molecular formula is C15H17ClN2OS2. The highest BCUT2D eigenvalue weighted by Crippen LogP contribution is 2.39. The van der Waals surface area contributed by atoms with Crippen LogP contribution in [-0.4, -0.2) is 18.0 Å². The average Bonchev–Trinajstić information content (AvgIpc) is 2.95. The lowest BCUT2D eigenvalue weighted by Crippen LogP contribution is -2.48. The van der Waals surface area contributed by atoms with Crippen molar-refractivity contribution in [3.8, 4) is 0 Å². The van der Waals surface area contributed by atoms with Gasteiger partial charge in [0.15, 0.2) is 0 Å². The van der Waals surface area contributed by atoms with Crippen molar-refractivity contribution in [1.82, 2.24) is 5.32 Å². The van der Waals surface area contributed by atoms with E-state index < -0.39 is 0 Å². The maximum atomic E-state index is 12.3. The van der Waals surface area contributed by atoms with Crippen LogP contribution in [0.2, 0.25) is 0 Å². The highest BCUT2D eigenvalue weighted by molar-refractivity contribution is 7.33. The molecule has 0 spiro atoms. The summed E-state index contributed by atoms with van der Waals surface area (Å²) in [5.41, 5.74) is 5.27. The van der Waals surface area contributed by atoms with Crippen molar-refractivity contribution in [2.24, 2.45) is 5.73 Å². The average molecular weight is 341 g/mol. The third-order valence-corrected chi connectivity index (χ3v) is 5.65. The van der Waals surface area contributed by atoms with Gasteiger partial charge < -0.3 is 11.1 Å². The minimum Gasteiger partial charge on any atom is -0.345 e. The fourth-order valence-corrected chi connectivity index (χ4v) is 4.45. The summed E-state index contributed by atoms with van der Waals surface area (Å²) in [4.78, 5) is 13.0. The first-order valence-corrected chi connectivity index (χ1v) is 8.07. The van der Waals surface area contributed by atoms with Crippen LogP contribution in [0.1, 0.15) is 23.5 Å². The molecule has 21 heavy (non-hydrogen) atoms. The van der Waals surface area contributed by atoms with Crippen LogP contribution in [0.5, 0.6) is 0 Å². The van der Waals surface area contributed by atoms with Gasteiger partial charge in [0.1, 0.15) is 0 Å². The molecule has 2 aromatic heterocycles. The highest BCUT2D eigenvalue weighted by Gasteiger charge is 2.21. The molecule has 0 unspecified atom stereocenters. The zero-order chi connectivity index (χ0) is 14.3. The van der Waals surface area contributed by atoms with Crippen LogP contribution in [0, 0.1) is 0 Å². The fourth-order valence-electron chi connectivity index (χ4n) is 2.03. The Morgan fingerprint density at radius 2 is 1.95 bits per heavy atom. The number of carbonyl (C=O) groups excluding carboxylic acids is 1. The molecule has 3 N–H and O–H groups in total. The summed E-state index contributed by atoms with van der Waals surface area (Å²) >= 11 is 3.28. The van der Waals surface area contributed by atoms with Crippen LogP contribution < -0.4 is 11.1 Å². The Labute approximate surface area is 137 Å². The van der Waals surface area contributed by atoms with Crippen LogP contribution >= 0.6 is 35.1 Å². The minimum absolute atomic E-state index is 0. The topological polar surface area (TPSA) is 55.1 Å². The van der Waals surface area contributed by atoms with Crippen LogP contribution in [0.4, 0.5) is 0 Å². The van der Waals surface area contributed by atoms with E-state index >= 15 is 0 Å². The van der Waals surface area contributed by atoms with Gasteiger partial charge in [0, 0.05) is 26.9 Å². The summed E-state index contributed by atoms with van der Waals surface area (Å²) in [7, 11) is 0. The highest BCUT2D eigenvalue weighted by atomic mass is 35.5. The largest absolute Gasteiger partial charge is 0.345 e. The summed E-state index contributed by atoms with van der Waals surface area (Å²) in [6, 6.07) is 10.3. The Morgan fingerprint density at radius 1 is 1.24 bits per heavy atom. The van der Waals surface area contributed by atoms with E-state index in [2.05, 4.69) is 17.4 Å². The van der Waals surface area contributed by atoms with Crippen molar-refractivity contribution >= 4 is 60.5 Å². The van der Waals surface area contributed by atoms with Gasteiger partial charge in [-0.15, -0.1) is 35.1 Å². The molecule has 3 rings (SSSR count). The molecule has 3 nitrogen and oxygen atoms in total. The van der Waals surface area contributed by atoms with Crippen LogP contribution in [0.25, 0.3) is 19.5 Å². The number of benzene rings is 1. The van der Waals surface area contributed by atoms with E-state index in [4.69, 9.17) is 5.73 Å². The Balaban J connectivity index is 0.00000161. The molecule has 3 aromatic rings. The lowest BCUT2D eigenvalue weighted by molar-refractivity contribution is 0.0920. The number of thiophene rings is 2. The van der Waals surface area contributed by atoms with Gasteiger partial charge in [0.05, 0.1) is 9.58 Å². The summed E-state index contributed by atoms with van der Waals surface area (Å²) in [6.07, 6.45) is 0. The molecule has 0 fully saturated rings. The standard InChI is InChI=1S/C15H16N2OS2.ClH/c1-15(2,8-16)17-14(18)12-7-11-13(20-12)9-5-3-4-6-10(9)19-11;/h3-7H,8,16H2,1-2H3,(H,17,18);1H. The van der Waals surface area contributed by atoms with Crippen LogP contribution in [0.3, 0.4) is 0 Å². The Hall–Kier alpha value is -1.14. The first-order chi connectivity index (χ1) is 9.50. The van der Waals surface area contributed by atoms with Crippen molar-refractivity contribution in [3.05, 3.63) is 35.2 Å². The number of hydrogen-bond acceptors (Lipinski definition) is 4. The molecule has 0 atom stereocenters. The second kappa shape index (κ2) is 5.93. The molecule has 0 radical (unpaired) electrons. The first kappa shape index (κ1) is 16.2. The van der Waals surface area contributed by atoms with E-state index in [0.717, 1.165) is 4.88 Å². The summed E-state index contributed by atoms with van der Waals surface area (Å²) in [5, 5.41) is 4.20. The third kappa shape index (κ3) is 3.06. The SMILES string of the molecule is CC(C)(CN)NC(=O)c1cc2sc3ccccc3c2s1.Cl. The van der Waals surface area contributed by atoms with Gasteiger partial charge in [-0.3, -0.25) is 4.79 Å². The molecule has 0 bridgehead atoms. The van der Waals surface area contributed by atoms with Crippen molar-refractivity contribution in [2.75, 3.05) is 6.54 Å². The second-order valence-corrected chi connectivity index (χ2v) is 7.58. The predicted molar refractivity (Wildman–Crippen MR) is 95.1 cm³/mol. The zero-order valence-corrected chi connectivity index (χ0v) is 14.3.